The first-order chi connectivity index (χ1) is 8.04. The topological polar surface area (TPSA) is 40.5 Å². The summed E-state index contributed by atoms with van der Waals surface area (Å²) in [6, 6.07) is 9.58. The lowest BCUT2D eigenvalue weighted by atomic mass is 10.1. The van der Waals surface area contributed by atoms with Gasteiger partial charge in [0.25, 0.3) is 0 Å². The minimum atomic E-state index is -0.191. The van der Waals surface area contributed by atoms with Crippen molar-refractivity contribution in [1.29, 1.82) is 0 Å². The van der Waals surface area contributed by atoms with Crippen molar-refractivity contribution in [2.75, 3.05) is 0 Å². The fourth-order valence-corrected chi connectivity index (χ4v) is 3.38. The lowest BCUT2D eigenvalue weighted by molar-refractivity contribution is 0.399. The molecule has 0 aliphatic rings. The fraction of sp³-hybridized carbons (Fsp3) is 0. The smallest absolute Gasteiger partial charge is 0.174 e. The zero-order valence-electron chi connectivity index (χ0n) is 8.42. The summed E-state index contributed by atoms with van der Waals surface area (Å²) in [6.45, 7) is 0. The number of rotatable bonds is 1. The highest BCUT2D eigenvalue weighted by atomic mass is 79.9. The second-order valence-electron chi connectivity index (χ2n) is 3.38. The summed E-state index contributed by atoms with van der Waals surface area (Å²) < 4.78 is 1.57. The molecule has 0 fully saturated rings. The molecule has 0 atom stereocenters. The van der Waals surface area contributed by atoms with Crippen LogP contribution < -0.4 is 0 Å². The largest absolute Gasteiger partial charge is 0.503 e. The third-order valence-electron chi connectivity index (χ3n) is 2.33. The van der Waals surface area contributed by atoms with Crippen LogP contribution in [0.5, 0.6) is 11.5 Å². The molecule has 0 aliphatic heterocycles. The Hall–Kier alpha value is -0.520. The van der Waals surface area contributed by atoms with Crippen molar-refractivity contribution in [2.24, 2.45) is 0 Å². The summed E-state index contributed by atoms with van der Waals surface area (Å²) in [4.78, 5) is 0. The molecule has 0 aliphatic carbocycles. The van der Waals surface area contributed by atoms with Crippen LogP contribution in [0.3, 0.4) is 0 Å². The van der Waals surface area contributed by atoms with Crippen molar-refractivity contribution in [3.8, 4) is 22.6 Å². The molecule has 2 aromatic carbocycles. The summed E-state index contributed by atoms with van der Waals surface area (Å²) in [5.41, 5.74) is 1.72. The first kappa shape index (κ1) is 12.9. The van der Waals surface area contributed by atoms with Gasteiger partial charge in [-0.05, 0) is 53.4 Å². The Balaban J connectivity index is 2.80. The average Bonchev–Trinajstić information content (AvgIpc) is 2.36. The Bertz CT molecular complexity index is 539. The number of phenols is 2. The maximum atomic E-state index is 9.81. The highest BCUT2D eigenvalue weighted by Crippen LogP contribution is 2.50. The highest BCUT2D eigenvalue weighted by Gasteiger charge is 2.20. The second-order valence-corrected chi connectivity index (χ2v) is 5.76. The molecule has 0 heterocycles. The Labute approximate surface area is 124 Å². The normalized spacial score (nSPS) is 10.5. The van der Waals surface area contributed by atoms with Crippen molar-refractivity contribution in [1.82, 2.24) is 0 Å². The van der Waals surface area contributed by atoms with E-state index in [9.17, 15) is 10.2 Å². The molecule has 0 aromatic heterocycles. The molecule has 2 N–H and O–H groups in total. The summed E-state index contributed by atoms with van der Waals surface area (Å²) in [5, 5.41) is 19.5. The minimum absolute atomic E-state index is 0.182. The van der Waals surface area contributed by atoms with Crippen molar-refractivity contribution in [3.63, 3.8) is 0 Å². The molecule has 2 nitrogen and oxygen atoms in total. The minimum Gasteiger partial charge on any atom is -0.503 e. The molecule has 17 heavy (non-hydrogen) atoms. The zero-order valence-corrected chi connectivity index (χ0v) is 13.2. The number of aromatic hydroxyl groups is 2. The van der Waals surface area contributed by atoms with Crippen LogP contribution in [0.4, 0.5) is 0 Å². The Morgan fingerprint density at radius 3 is 1.82 bits per heavy atom. The van der Waals surface area contributed by atoms with Crippen LogP contribution in [0, 0.1) is 0 Å². The van der Waals surface area contributed by atoms with Gasteiger partial charge >= 0.3 is 0 Å². The van der Waals surface area contributed by atoms with Gasteiger partial charge in [-0.2, -0.15) is 0 Å². The maximum absolute atomic E-state index is 9.81. The summed E-state index contributed by atoms with van der Waals surface area (Å²) in [5.74, 6) is -0.373. The third kappa shape index (κ3) is 2.23. The number of hydrogen-bond donors (Lipinski definition) is 2. The van der Waals surface area contributed by atoms with Crippen LogP contribution in [0.15, 0.2) is 43.7 Å². The van der Waals surface area contributed by atoms with Gasteiger partial charge in [0.15, 0.2) is 11.5 Å². The highest BCUT2D eigenvalue weighted by molar-refractivity contribution is 9.13. The average molecular weight is 423 g/mol. The third-order valence-corrected chi connectivity index (χ3v) is 5.20. The molecule has 0 spiro atoms. The van der Waals surface area contributed by atoms with Crippen LogP contribution in [-0.2, 0) is 0 Å². The van der Waals surface area contributed by atoms with E-state index in [0.717, 1.165) is 11.1 Å². The summed E-state index contributed by atoms with van der Waals surface area (Å²) in [6.07, 6.45) is 0. The second kappa shape index (κ2) is 5.00. The van der Waals surface area contributed by atoms with Gasteiger partial charge in [-0.1, -0.05) is 30.3 Å². The quantitative estimate of drug-likeness (QED) is 0.498. The Morgan fingerprint density at radius 1 is 0.706 bits per heavy atom. The molecule has 0 amide bonds. The van der Waals surface area contributed by atoms with Crippen molar-refractivity contribution < 1.29 is 10.2 Å². The lowest BCUT2D eigenvalue weighted by Gasteiger charge is -2.13. The predicted octanol–water partition coefficient (Wildman–Crippen LogP) is 5.05. The van der Waals surface area contributed by atoms with E-state index in [4.69, 9.17) is 0 Å². The first-order valence-electron chi connectivity index (χ1n) is 4.67. The molecule has 0 saturated carbocycles. The lowest BCUT2D eigenvalue weighted by Crippen LogP contribution is -1.86. The molecule has 5 heteroatoms. The van der Waals surface area contributed by atoms with Gasteiger partial charge < -0.3 is 10.2 Å². The van der Waals surface area contributed by atoms with E-state index in [1.54, 1.807) is 0 Å². The molecule has 0 radical (unpaired) electrons. The predicted molar refractivity (Wildman–Crippen MR) is 78.3 cm³/mol. The monoisotopic (exact) mass is 420 g/mol. The van der Waals surface area contributed by atoms with Gasteiger partial charge in [-0.15, -0.1) is 0 Å². The standard InChI is InChI=1S/C12H7Br3O2/c13-8-7(6-4-2-1-3-5-6)9(14)11(16)12(17)10(8)15/h1-5,16-17H. The van der Waals surface area contributed by atoms with Crippen molar-refractivity contribution >= 4 is 47.8 Å². The van der Waals surface area contributed by atoms with E-state index < -0.39 is 0 Å². The molecular weight excluding hydrogens is 416 g/mol. The van der Waals surface area contributed by atoms with E-state index >= 15 is 0 Å². The van der Waals surface area contributed by atoms with Gasteiger partial charge in [-0.25, -0.2) is 0 Å². The van der Waals surface area contributed by atoms with Crippen LogP contribution in [-0.4, -0.2) is 10.2 Å². The first-order valence-corrected chi connectivity index (χ1v) is 7.05. The van der Waals surface area contributed by atoms with Crippen molar-refractivity contribution in [2.45, 2.75) is 0 Å². The Kier molecular flexibility index (Phi) is 3.80. The van der Waals surface area contributed by atoms with E-state index in [0.29, 0.717) is 13.4 Å². The van der Waals surface area contributed by atoms with Crippen molar-refractivity contribution in [3.05, 3.63) is 43.7 Å². The van der Waals surface area contributed by atoms with Crippen LogP contribution in [0.1, 0.15) is 0 Å². The fourth-order valence-electron chi connectivity index (χ4n) is 1.49. The van der Waals surface area contributed by atoms with E-state index in [1.165, 1.54) is 0 Å². The van der Waals surface area contributed by atoms with Crippen LogP contribution >= 0.6 is 47.8 Å². The number of halogens is 3. The molecule has 0 bridgehead atoms. The van der Waals surface area contributed by atoms with E-state index in [2.05, 4.69) is 47.8 Å². The van der Waals surface area contributed by atoms with Gasteiger partial charge in [0.1, 0.15) is 0 Å². The van der Waals surface area contributed by atoms with E-state index in [1.807, 2.05) is 30.3 Å². The van der Waals surface area contributed by atoms with Crippen LogP contribution in [0.2, 0.25) is 0 Å². The number of benzene rings is 2. The SMILES string of the molecule is Oc1c(O)c(Br)c(-c2ccccc2)c(Br)c1Br. The maximum Gasteiger partial charge on any atom is 0.174 e. The van der Waals surface area contributed by atoms with Gasteiger partial charge in [0.2, 0.25) is 0 Å². The molecule has 0 saturated heterocycles. The van der Waals surface area contributed by atoms with Gasteiger partial charge in [0.05, 0.1) is 8.95 Å². The molecule has 2 rings (SSSR count). The number of phenolic OH excluding ortho intramolecular Hbond substituents is 2. The summed E-state index contributed by atoms with van der Waals surface area (Å²) in [7, 11) is 0. The molecule has 88 valence electrons. The van der Waals surface area contributed by atoms with Crippen LogP contribution in [0.25, 0.3) is 11.1 Å². The van der Waals surface area contributed by atoms with Gasteiger partial charge in [-0.3, -0.25) is 0 Å². The molecular formula is C12H7Br3O2. The molecule has 2 aromatic rings. The van der Waals surface area contributed by atoms with E-state index in [-0.39, 0.29) is 11.5 Å². The Morgan fingerprint density at radius 2 is 1.24 bits per heavy atom. The number of hydrogen-bond acceptors (Lipinski definition) is 2. The molecule has 0 unspecified atom stereocenters. The van der Waals surface area contributed by atoms with Gasteiger partial charge in [0, 0.05) is 10.0 Å². The zero-order chi connectivity index (χ0) is 12.6. The summed E-state index contributed by atoms with van der Waals surface area (Å²) >= 11 is 9.93.